The lowest BCUT2D eigenvalue weighted by Crippen LogP contribution is -2.53. The standard InChI is InChI=1S/C37H43N3O6S/c1-4-5-23-38-37(42)35(25-29-13-8-6-9-14-29)39(26-31-17-12-18-34(24-31)45-2)36(41)27-40(47(3,43)44)32-19-21-33(22-20-32)46-28-30-15-10-7-11-16-30/h6-22,24,35H,4-5,23,25-28H2,1-3H3,(H,38,42). The van der Waals surface area contributed by atoms with E-state index in [1.54, 1.807) is 43.5 Å². The van der Waals surface area contributed by atoms with E-state index >= 15 is 0 Å². The van der Waals surface area contributed by atoms with Gasteiger partial charge in [-0.2, -0.15) is 0 Å². The zero-order valence-corrected chi connectivity index (χ0v) is 28.0. The Morgan fingerprint density at radius 3 is 2.06 bits per heavy atom. The van der Waals surface area contributed by atoms with E-state index in [9.17, 15) is 18.0 Å². The summed E-state index contributed by atoms with van der Waals surface area (Å²) in [4.78, 5) is 29.5. The summed E-state index contributed by atoms with van der Waals surface area (Å²) in [5.74, 6) is 0.344. The van der Waals surface area contributed by atoms with E-state index in [2.05, 4.69) is 5.32 Å². The number of benzene rings is 4. The van der Waals surface area contributed by atoms with E-state index in [-0.39, 0.29) is 18.9 Å². The third-order valence-electron chi connectivity index (χ3n) is 7.64. The molecule has 1 N–H and O–H groups in total. The fourth-order valence-electron chi connectivity index (χ4n) is 5.09. The molecule has 0 radical (unpaired) electrons. The van der Waals surface area contributed by atoms with Crippen molar-refractivity contribution in [3.63, 3.8) is 0 Å². The van der Waals surface area contributed by atoms with Crippen molar-refractivity contribution in [3.8, 4) is 11.5 Å². The van der Waals surface area contributed by atoms with Gasteiger partial charge in [0.05, 0.1) is 19.1 Å². The number of amides is 2. The number of anilines is 1. The summed E-state index contributed by atoms with van der Waals surface area (Å²) >= 11 is 0. The number of nitrogens with one attached hydrogen (secondary N) is 1. The van der Waals surface area contributed by atoms with Crippen LogP contribution in [0.5, 0.6) is 11.5 Å². The molecule has 4 aromatic carbocycles. The van der Waals surface area contributed by atoms with Crippen LogP contribution in [-0.2, 0) is 39.2 Å². The lowest BCUT2D eigenvalue weighted by atomic mass is 10.0. The molecule has 1 unspecified atom stereocenters. The van der Waals surface area contributed by atoms with Crippen molar-refractivity contribution in [1.82, 2.24) is 10.2 Å². The second-order valence-electron chi connectivity index (χ2n) is 11.3. The zero-order valence-electron chi connectivity index (χ0n) is 27.2. The molecular weight excluding hydrogens is 614 g/mol. The first-order valence-electron chi connectivity index (χ1n) is 15.7. The lowest BCUT2D eigenvalue weighted by molar-refractivity contribution is -0.140. The van der Waals surface area contributed by atoms with Gasteiger partial charge in [0.15, 0.2) is 0 Å². The molecule has 248 valence electrons. The number of nitrogens with zero attached hydrogens (tertiary/aromatic N) is 2. The number of sulfonamides is 1. The first kappa shape index (κ1) is 35.0. The number of carbonyl (C=O) groups excluding carboxylic acids is 2. The van der Waals surface area contributed by atoms with Gasteiger partial charge in [0.2, 0.25) is 21.8 Å². The van der Waals surface area contributed by atoms with Gasteiger partial charge in [0.1, 0.15) is 30.7 Å². The Morgan fingerprint density at radius 1 is 0.809 bits per heavy atom. The molecule has 0 saturated carbocycles. The van der Waals surface area contributed by atoms with Crippen molar-refractivity contribution in [3.05, 3.63) is 126 Å². The Balaban J connectivity index is 1.64. The maximum Gasteiger partial charge on any atom is 0.244 e. The van der Waals surface area contributed by atoms with Crippen LogP contribution in [0.1, 0.15) is 36.5 Å². The van der Waals surface area contributed by atoms with Gasteiger partial charge in [-0.25, -0.2) is 8.42 Å². The van der Waals surface area contributed by atoms with Gasteiger partial charge < -0.3 is 19.7 Å². The van der Waals surface area contributed by atoms with Gasteiger partial charge in [-0.05, 0) is 59.5 Å². The summed E-state index contributed by atoms with van der Waals surface area (Å²) < 4.78 is 38.6. The zero-order chi connectivity index (χ0) is 33.6. The van der Waals surface area contributed by atoms with Crippen molar-refractivity contribution in [2.75, 3.05) is 30.8 Å². The predicted octanol–water partition coefficient (Wildman–Crippen LogP) is 5.60. The average molecular weight is 658 g/mol. The highest BCUT2D eigenvalue weighted by molar-refractivity contribution is 7.92. The van der Waals surface area contributed by atoms with E-state index < -0.39 is 28.5 Å². The number of ether oxygens (including phenoxy) is 2. The van der Waals surface area contributed by atoms with Crippen molar-refractivity contribution < 1.29 is 27.5 Å². The summed E-state index contributed by atoms with van der Waals surface area (Å²) in [6.45, 7) is 2.43. The molecule has 9 nitrogen and oxygen atoms in total. The van der Waals surface area contributed by atoms with Gasteiger partial charge in [0.25, 0.3) is 0 Å². The van der Waals surface area contributed by atoms with E-state index in [0.717, 1.165) is 40.1 Å². The molecular formula is C37H43N3O6S. The SMILES string of the molecule is CCCCNC(=O)C(Cc1ccccc1)N(Cc1cccc(OC)c1)C(=O)CN(c1ccc(OCc2ccccc2)cc1)S(C)(=O)=O. The fourth-order valence-corrected chi connectivity index (χ4v) is 5.94. The first-order chi connectivity index (χ1) is 22.7. The van der Waals surface area contributed by atoms with Crippen LogP contribution in [0.3, 0.4) is 0 Å². The van der Waals surface area contributed by atoms with E-state index in [1.165, 1.54) is 4.90 Å². The van der Waals surface area contributed by atoms with Crippen LogP contribution in [0.2, 0.25) is 0 Å². The summed E-state index contributed by atoms with van der Waals surface area (Å²) in [5.41, 5.74) is 2.92. The highest BCUT2D eigenvalue weighted by atomic mass is 32.2. The summed E-state index contributed by atoms with van der Waals surface area (Å²) in [6.07, 6.45) is 3.00. The topological polar surface area (TPSA) is 105 Å². The fraction of sp³-hybridized carbons (Fsp3) is 0.297. The highest BCUT2D eigenvalue weighted by Gasteiger charge is 2.33. The molecule has 0 spiro atoms. The normalized spacial score (nSPS) is 11.7. The van der Waals surface area contributed by atoms with Crippen LogP contribution < -0.4 is 19.1 Å². The molecule has 4 rings (SSSR count). The number of hydrogen-bond donors (Lipinski definition) is 1. The predicted molar refractivity (Wildman–Crippen MR) is 185 cm³/mol. The maximum absolute atomic E-state index is 14.3. The van der Waals surface area contributed by atoms with Crippen molar-refractivity contribution >= 4 is 27.5 Å². The van der Waals surface area contributed by atoms with Crippen molar-refractivity contribution in [1.29, 1.82) is 0 Å². The molecule has 0 aromatic heterocycles. The van der Waals surface area contributed by atoms with Gasteiger partial charge in [-0.3, -0.25) is 13.9 Å². The molecule has 2 amide bonds. The van der Waals surface area contributed by atoms with Crippen LogP contribution in [0, 0.1) is 0 Å². The van der Waals surface area contributed by atoms with Gasteiger partial charge in [0, 0.05) is 19.5 Å². The summed E-state index contributed by atoms with van der Waals surface area (Å²) in [6, 6.07) is 32.1. The Hall–Kier alpha value is -4.83. The van der Waals surface area contributed by atoms with E-state index in [0.29, 0.717) is 30.3 Å². The number of carbonyl (C=O) groups is 2. The summed E-state index contributed by atoms with van der Waals surface area (Å²) in [5, 5.41) is 2.99. The Kier molecular flexibility index (Phi) is 12.8. The maximum atomic E-state index is 14.3. The highest BCUT2D eigenvalue weighted by Crippen LogP contribution is 2.24. The largest absolute Gasteiger partial charge is 0.497 e. The minimum absolute atomic E-state index is 0.0681. The molecule has 47 heavy (non-hydrogen) atoms. The second-order valence-corrected chi connectivity index (χ2v) is 13.2. The number of unbranched alkanes of at least 4 members (excludes halogenated alkanes) is 1. The Bertz CT molecular complexity index is 1680. The van der Waals surface area contributed by atoms with E-state index in [4.69, 9.17) is 9.47 Å². The third-order valence-corrected chi connectivity index (χ3v) is 8.78. The molecule has 10 heteroatoms. The van der Waals surface area contributed by atoms with Gasteiger partial charge in [-0.1, -0.05) is 86.1 Å². The van der Waals surface area contributed by atoms with Crippen LogP contribution in [0.25, 0.3) is 0 Å². The Morgan fingerprint density at radius 2 is 1.45 bits per heavy atom. The van der Waals surface area contributed by atoms with Crippen LogP contribution in [-0.4, -0.2) is 57.6 Å². The lowest BCUT2D eigenvalue weighted by Gasteiger charge is -2.33. The first-order valence-corrected chi connectivity index (χ1v) is 17.5. The number of rotatable bonds is 17. The molecule has 0 aliphatic rings. The van der Waals surface area contributed by atoms with Gasteiger partial charge >= 0.3 is 0 Å². The molecule has 4 aromatic rings. The molecule has 1 atom stereocenters. The monoisotopic (exact) mass is 657 g/mol. The van der Waals surface area contributed by atoms with Gasteiger partial charge in [-0.15, -0.1) is 0 Å². The van der Waals surface area contributed by atoms with E-state index in [1.807, 2.05) is 79.7 Å². The molecule has 0 heterocycles. The van der Waals surface area contributed by atoms with Crippen LogP contribution >= 0.6 is 0 Å². The molecule has 0 saturated heterocycles. The number of methoxy groups -OCH3 is 1. The molecule has 0 bridgehead atoms. The molecule has 0 aliphatic heterocycles. The average Bonchev–Trinajstić information content (AvgIpc) is 3.08. The second kappa shape index (κ2) is 17.2. The minimum atomic E-state index is -3.90. The number of hydrogen-bond acceptors (Lipinski definition) is 6. The quantitative estimate of drug-likeness (QED) is 0.148. The van der Waals surface area contributed by atoms with Crippen LogP contribution in [0.4, 0.5) is 5.69 Å². The summed E-state index contributed by atoms with van der Waals surface area (Å²) in [7, 11) is -2.34. The minimum Gasteiger partial charge on any atom is -0.497 e. The van der Waals surface area contributed by atoms with Crippen molar-refractivity contribution in [2.24, 2.45) is 0 Å². The molecule has 0 aliphatic carbocycles. The Labute approximate surface area is 278 Å². The third kappa shape index (κ3) is 10.6. The van der Waals surface area contributed by atoms with Crippen molar-refractivity contribution in [2.45, 2.75) is 45.4 Å². The smallest absolute Gasteiger partial charge is 0.244 e. The molecule has 0 fully saturated rings. The van der Waals surface area contributed by atoms with Crippen LogP contribution in [0.15, 0.2) is 109 Å².